The Kier molecular flexibility index (Phi) is 8.01. The summed E-state index contributed by atoms with van der Waals surface area (Å²) in [6, 6.07) is 4.81. The third-order valence-corrected chi connectivity index (χ3v) is 3.29. The summed E-state index contributed by atoms with van der Waals surface area (Å²) in [6.07, 6.45) is 5.05. The lowest BCUT2D eigenvalue weighted by Crippen LogP contribution is -2.22. The molecule has 2 nitrogen and oxygen atoms in total. The first-order valence-electron chi connectivity index (χ1n) is 6.52. The normalized spacial score (nSPS) is 10.6. The van der Waals surface area contributed by atoms with Crippen LogP contribution in [0, 0.1) is 5.82 Å². The zero-order valence-corrected chi connectivity index (χ0v) is 12.4. The van der Waals surface area contributed by atoms with Gasteiger partial charge in [-0.15, -0.1) is 0 Å². The number of rotatable bonds is 9. The van der Waals surface area contributed by atoms with Crippen molar-refractivity contribution in [2.45, 2.75) is 32.6 Å². The second-order valence-corrected chi connectivity index (χ2v) is 5.09. The Morgan fingerprint density at radius 1 is 1.22 bits per heavy atom. The van der Waals surface area contributed by atoms with E-state index in [0.717, 1.165) is 13.1 Å². The molecule has 1 aromatic rings. The Hall–Kier alpha value is -0.610. The van der Waals surface area contributed by atoms with Gasteiger partial charge < -0.3 is 10.1 Å². The Morgan fingerprint density at radius 3 is 2.78 bits per heavy atom. The van der Waals surface area contributed by atoms with Crippen molar-refractivity contribution in [2.24, 2.45) is 0 Å². The highest BCUT2D eigenvalue weighted by atomic mass is 79.9. The zero-order valence-electron chi connectivity index (χ0n) is 10.8. The first-order chi connectivity index (χ1) is 8.74. The molecule has 0 atom stereocenters. The molecule has 0 amide bonds. The van der Waals surface area contributed by atoms with Gasteiger partial charge in [0, 0.05) is 12.6 Å². The fraction of sp³-hybridized carbons (Fsp3) is 0.571. The minimum atomic E-state index is -0.292. The molecule has 0 aliphatic heterocycles. The Balaban J connectivity index is 2.05. The quantitative estimate of drug-likeness (QED) is 0.691. The maximum Gasteiger partial charge on any atom is 0.141 e. The summed E-state index contributed by atoms with van der Waals surface area (Å²) < 4.78 is 19.1. The molecule has 1 N–H and O–H groups in total. The molecule has 0 aliphatic carbocycles. The molecular weight excluding hydrogens is 297 g/mol. The minimum Gasteiger partial charge on any atom is -0.492 e. The number of halogens is 2. The van der Waals surface area contributed by atoms with E-state index in [1.807, 2.05) is 0 Å². The Labute approximate surface area is 117 Å². The van der Waals surface area contributed by atoms with Crippen molar-refractivity contribution in [2.75, 3.05) is 19.7 Å². The molecular formula is C14H21BrFNO. The van der Waals surface area contributed by atoms with Gasteiger partial charge >= 0.3 is 0 Å². The third kappa shape index (κ3) is 6.36. The molecule has 0 saturated heterocycles. The Bertz CT molecular complexity index is 347. The van der Waals surface area contributed by atoms with Crippen molar-refractivity contribution in [1.29, 1.82) is 0 Å². The van der Waals surface area contributed by atoms with Crippen molar-refractivity contribution in [3.63, 3.8) is 0 Å². The monoisotopic (exact) mass is 317 g/mol. The summed E-state index contributed by atoms with van der Waals surface area (Å²) in [5, 5.41) is 3.31. The van der Waals surface area contributed by atoms with Crippen LogP contribution in [0.2, 0.25) is 0 Å². The maximum absolute atomic E-state index is 13.2. The molecule has 0 spiro atoms. The number of hydrogen-bond acceptors (Lipinski definition) is 2. The van der Waals surface area contributed by atoms with E-state index in [1.165, 1.54) is 31.7 Å². The molecule has 0 bridgehead atoms. The van der Waals surface area contributed by atoms with Gasteiger partial charge in [0.2, 0.25) is 0 Å². The second-order valence-electron chi connectivity index (χ2n) is 4.24. The van der Waals surface area contributed by atoms with Gasteiger partial charge in [-0.3, -0.25) is 0 Å². The summed E-state index contributed by atoms with van der Waals surface area (Å²) in [7, 11) is 0. The van der Waals surface area contributed by atoms with Gasteiger partial charge in [-0.2, -0.15) is 0 Å². The van der Waals surface area contributed by atoms with Gasteiger partial charge in [0.05, 0.1) is 4.47 Å². The molecule has 0 aromatic heterocycles. The molecule has 4 heteroatoms. The highest BCUT2D eigenvalue weighted by Crippen LogP contribution is 2.20. The van der Waals surface area contributed by atoms with Crippen LogP contribution in [0.3, 0.4) is 0 Å². The zero-order chi connectivity index (χ0) is 13.2. The van der Waals surface area contributed by atoms with Crippen molar-refractivity contribution >= 4 is 15.9 Å². The molecule has 0 aliphatic rings. The number of ether oxygens (including phenoxy) is 1. The highest BCUT2D eigenvalue weighted by Gasteiger charge is 2.00. The average molecular weight is 318 g/mol. The summed E-state index contributed by atoms with van der Waals surface area (Å²) in [5.41, 5.74) is 0. The van der Waals surface area contributed by atoms with Crippen LogP contribution in [0.4, 0.5) is 4.39 Å². The van der Waals surface area contributed by atoms with Crippen molar-refractivity contribution in [1.82, 2.24) is 5.32 Å². The van der Waals surface area contributed by atoms with Gasteiger partial charge in [0.15, 0.2) is 0 Å². The van der Waals surface area contributed by atoms with Crippen LogP contribution in [0.5, 0.6) is 5.75 Å². The van der Waals surface area contributed by atoms with Gasteiger partial charge in [0.1, 0.15) is 18.2 Å². The van der Waals surface area contributed by atoms with E-state index in [1.54, 1.807) is 12.1 Å². The number of nitrogens with one attached hydrogen (secondary N) is 1. The molecule has 0 fully saturated rings. The van der Waals surface area contributed by atoms with Crippen LogP contribution >= 0.6 is 15.9 Å². The summed E-state index contributed by atoms with van der Waals surface area (Å²) in [4.78, 5) is 0. The van der Waals surface area contributed by atoms with Crippen LogP contribution < -0.4 is 10.1 Å². The fourth-order valence-corrected chi connectivity index (χ4v) is 1.86. The van der Waals surface area contributed by atoms with Gasteiger partial charge in [-0.25, -0.2) is 4.39 Å². The molecule has 0 unspecified atom stereocenters. The number of unbranched alkanes of at least 4 members (excludes halogenated alkanes) is 3. The molecule has 0 radical (unpaired) electrons. The lowest BCUT2D eigenvalue weighted by Gasteiger charge is -2.08. The standard InChI is InChI=1S/C14H21BrFNO/c1-2-3-4-5-8-17-9-10-18-12-6-7-13(15)14(16)11-12/h6-7,11,17H,2-5,8-10H2,1H3. The lowest BCUT2D eigenvalue weighted by atomic mass is 10.2. The molecule has 0 saturated carbocycles. The predicted molar refractivity (Wildman–Crippen MR) is 76.6 cm³/mol. The van der Waals surface area contributed by atoms with Gasteiger partial charge in [0.25, 0.3) is 0 Å². The Morgan fingerprint density at radius 2 is 2.06 bits per heavy atom. The summed E-state index contributed by atoms with van der Waals surface area (Å²) in [6.45, 7) is 4.59. The van der Waals surface area contributed by atoms with Crippen molar-refractivity contribution in [3.8, 4) is 5.75 Å². The van der Waals surface area contributed by atoms with Crippen LogP contribution in [0.1, 0.15) is 32.6 Å². The largest absolute Gasteiger partial charge is 0.492 e. The summed E-state index contributed by atoms with van der Waals surface area (Å²) in [5.74, 6) is 0.281. The molecule has 0 heterocycles. The maximum atomic E-state index is 13.2. The second kappa shape index (κ2) is 9.34. The van der Waals surface area contributed by atoms with Crippen LogP contribution in [0.15, 0.2) is 22.7 Å². The van der Waals surface area contributed by atoms with Crippen LogP contribution in [0.25, 0.3) is 0 Å². The first kappa shape index (κ1) is 15.4. The van der Waals surface area contributed by atoms with E-state index in [2.05, 4.69) is 28.2 Å². The first-order valence-corrected chi connectivity index (χ1v) is 7.32. The van der Waals surface area contributed by atoms with Gasteiger partial charge in [-0.1, -0.05) is 26.2 Å². The molecule has 1 rings (SSSR count). The number of hydrogen-bond donors (Lipinski definition) is 1. The van der Waals surface area contributed by atoms with Gasteiger partial charge in [-0.05, 0) is 41.0 Å². The van der Waals surface area contributed by atoms with E-state index in [0.29, 0.717) is 16.8 Å². The highest BCUT2D eigenvalue weighted by molar-refractivity contribution is 9.10. The summed E-state index contributed by atoms with van der Waals surface area (Å²) >= 11 is 3.11. The van der Waals surface area contributed by atoms with Crippen molar-refractivity contribution < 1.29 is 9.13 Å². The SMILES string of the molecule is CCCCCCNCCOc1ccc(Br)c(F)c1. The third-order valence-electron chi connectivity index (χ3n) is 2.65. The minimum absolute atomic E-state index is 0.292. The molecule has 18 heavy (non-hydrogen) atoms. The smallest absolute Gasteiger partial charge is 0.141 e. The fourth-order valence-electron chi connectivity index (χ4n) is 1.61. The van der Waals surface area contributed by atoms with E-state index >= 15 is 0 Å². The van der Waals surface area contributed by atoms with Crippen LogP contribution in [-0.2, 0) is 0 Å². The van der Waals surface area contributed by atoms with E-state index in [9.17, 15) is 4.39 Å². The van der Waals surface area contributed by atoms with E-state index in [-0.39, 0.29) is 5.82 Å². The van der Waals surface area contributed by atoms with E-state index < -0.39 is 0 Å². The van der Waals surface area contributed by atoms with Crippen LogP contribution in [-0.4, -0.2) is 19.7 Å². The lowest BCUT2D eigenvalue weighted by molar-refractivity contribution is 0.312. The van der Waals surface area contributed by atoms with E-state index in [4.69, 9.17) is 4.74 Å². The predicted octanol–water partition coefficient (Wildman–Crippen LogP) is 4.14. The number of benzene rings is 1. The average Bonchev–Trinajstić information content (AvgIpc) is 2.37. The van der Waals surface area contributed by atoms with Crippen molar-refractivity contribution in [3.05, 3.63) is 28.5 Å². The molecule has 102 valence electrons. The topological polar surface area (TPSA) is 21.3 Å². The molecule has 1 aromatic carbocycles.